The van der Waals surface area contributed by atoms with Gasteiger partial charge >= 0.3 is 5.97 Å². The van der Waals surface area contributed by atoms with Crippen LogP contribution in [-0.2, 0) is 11.3 Å². The third kappa shape index (κ3) is 4.36. The molecule has 19 heavy (non-hydrogen) atoms. The number of carbonyl (C=O) groups is 2. The van der Waals surface area contributed by atoms with E-state index in [0.29, 0.717) is 13.1 Å². The van der Waals surface area contributed by atoms with E-state index < -0.39 is 12.0 Å². The first-order valence-electron chi connectivity index (χ1n) is 6.24. The maximum Gasteiger partial charge on any atom is 0.356 e. The molecule has 1 aromatic rings. The summed E-state index contributed by atoms with van der Waals surface area (Å²) in [5, 5.41) is 11.4. The van der Waals surface area contributed by atoms with Gasteiger partial charge < -0.3 is 20.7 Å². The quantitative estimate of drug-likeness (QED) is 0.648. The first-order valence-corrected chi connectivity index (χ1v) is 6.24. The minimum atomic E-state index is -1.07. The molecule has 7 nitrogen and oxygen atoms in total. The van der Waals surface area contributed by atoms with E-state index in [1.165, 1.54) is 12.5 Å². The first-order chi connectivity index (χ1) is 8.95. The largest absolute Gasteiger partial charge is 0.476 e. The maximum absolute atomic E-state index is 11.7. The molecule has 0 spiro atoms. The Bertz CT molecular complexity index is 444. The number of imidazole rings is 1. The zero-order valence-corrected chi connectivity index (χ0v) is 11.2. The Kier molecular flexibility index (Phi) is 5.50. The molecule has 106 valence electrons. The lowest BCUT2D eigenvalue weighted by Gasteiger charge is -2.17. The third-order valence-corrected chi connectivity index (χ3v) is 3.08. The second kappa shape index (κ2) is 6.89. The molecule has 4 N–H and O–H groups in total. The molecule has 0 saturated carbocycles. The van der Waals surface area contributed by atoms with Crippen molar-refractivity contribution in [2.24, 2.45) is 11.7 Å². The van der Waals surface area contributed by atoms with Gasteiger partial charge in [-0.05, 0) is 5.92 Å². The van der Waals surface area contributed by atoms with Gasteiger partial charge in [0.1, 0.15) is 0 Å². The highest BCUT2D eigenvalue weighted by Gasteiger charge is 2.18. The van der Waals surface area contributed by atoms with Crippen LogP contribution in [0.25, 0.3) is 0 Å². The number of nitrogens with two attached hydrogens (primary N) is 1. The van der Waals surface area contributed by atoms with Crippen molar-refractivity contribution in [3.63, 3.8) is 0 Å². The fourth-order valence-electron chi connectivity index (χ4n) is 1.53. The molecule has 0 saturated heterocycles. The van der Waals surface area contributed by atoms with E-state index >= 15 is 0 Å². The molecule has 1 rings (SSSR count). The van der Waals surface area contributed by atoms with Gasteiger partial charge in [-0.2, -0.15) is 0 Å². The second-order valence-corrected chi connectivity index (χ2v) is 4.50. The Morgan fingerprint density at radius 1 is 1.58 bits per heavy atom. The first kappa shape index (κ1) is 15.2. The lowest BCUT2D eigenvalue weighted by atomic mass is 9.99. The highest BCUT2D eigenvalue weighted by molar-refractivity contribution is 5.84. The molecule has 0 aliphatic carbocycles. The van der Waals surface area contributed by atoms with E-state index in [-0.39, 0.29) is 17.5 Å². The van der Waals surface area contributed by atoms with Gasteiger partial charge in [-0.3, -0.25) is 4.79 Å². The number of carboxylic acid groups (broad SMARTS) is 1. The van der Waals surface area contributed by atoms with Crippen LogP contribution < -0.4 is 11.1 Å². The van der Waals surface area contributed by atoms with Gasteiger partial charge in [0.15, 0.2) is 5.69 Å². The van der Waals surface area contributed by atoms with Crippen LogP contribution in [-0.4, -0.2) is 39.1 Å². The topological polar surface area (TPSA) is 110 Å². The SMILES string of the molecule is CCC(C)C(N)C(=O)NCCn1cnc(C(=O)O)c1. The lowest BCUT2D eigenvalue weighted by molar-refractivity contribution is -0.123. The standard InChI is InChI=1S/C12H20N4O3/c1-3-8(2)10(13)11(17)14-4-5-16-6-9(12(18)19)15-7-16/h6-8,10H,3-5,13H2,1-2H3,(H,14,17)(H,18,19). The number of amides is 1. The smallest absolute Gasteiger partial charge is 0.356 e. The molecule has 0 aromatic carbocycles. The summed E-state index contributed by atoms with van der Waals surface area (Å²) in [6, 6.07) is -0.512. The van der Waals surface area contributed by atoms with Crippen molar-refractivity contribution in [3.05, 3.63) is 18.2 Å². The summed E-state index contributed by atoms with van der Waals surface area (Å²) in [7, 11) is 0. The number of nitrogens with zero attached hydrogens (tertiary/aromatic N) is 2. The van der Waals surface area contributed by atoms with Gasteiger partial charge in [-0.1, -0.05) is 20.3 Å². The van der Waals surface area contributed by atoms with Crippen LogP contribution in [0.5, 0.6) is 0 Å². The van der Waals surface area contributed by atoms with Gasteiger partial charge in [0.25, 0.3) is 0 Å². The van der Waals surface area contributed by atoms with Gasteiger partial charge in [0.2, 0.25) is 5.91 Å². The minimum Gasteiger partial charge on any atom is -0.476 e. The van der Waals surface area contributed by atoms with Crippen LogP contribution in [0.4, 0.5) is 0 Å². The number of carboxylic acids is 1. The summed E-state index contributed by atoms with van der Waals surface area (Å²) < 4.78 is 1.61. The van der Waals surface area contributed by atoms with E-state index in [0.717, 1.165) is 6.42 Å². The Morgan fingerprint density at radius 3 is 2.79 bits per heavy atom. The Labute approximate surface area is 111 Å². The number of aromatic carboxylic acids is 1. The number of carbonyl (C=O) groups excluding carboxylic acids is 1. The Hall–Kier alpha value is -1.89. The lowest BCUT2D eigenvalue weighted by Crippen LogP contribution is -2.45. The van der Waals surface area contributed by atoms with Crippen molar-refractivity contribution in [1.29, 1.82) is 0 Å². The summed E-state index contributed by atoms with van der Waals surface area (Å²) in [6.45, 7) is 4.76. The van der Waals surface area contributed by atoms with Crippen molar-refractivity contribution in [2.75, 3.05) is 6.54 Å². The van der Waals surface area contributed by atoms with E-state index in [1.54, 1.807) is 4.57 Å². The summed E-state index contributed by atoms with van der Waals surface area (Å²) in [4.78, 5) is 26.0. The molecule has 1 amide bonds. The molecule has 0 aliphatic heterocycles. The fraction of sp³-hybridized carbons (Fsp3) is 0.583. The summed E-state index contributed by atoms with van der Waals surface area (Å²) in [5.74, 6) is -1.12. The van der Waals surface area contributed by atoms with E-state index in [4.69, 9.17) is 10.8 Å². The van der Waals surface area contributed by atoms with Gasteiger partial charge in [0.05, 0.1) is 12.4 Å². The Morgan fingerprint density at radius 2 is 2.26 bits per heavy atom. The van der Waals surface area contributed by atoms with E-state index in [9.17, 15) is 9.59 Å². The maximum atomic E-state index is 11.7. The predicted molar refractivity (Wildman–Crippen MR) is 69.6 cm³/mol. The normalized spacial score (nSPS) is 13.8. The van der Waals surface area contributed by atoms with Gasteiger partial charge in [0, 0.05) is 19.3 Å². The van der Waals surface area contributed by atoms with Gasteiger partial charge in [-0.15, -0.1) is 0 Å². The monoisotopic (exact) mass is 268 g/mol. The average Bonchev–Trinajstić information content (AvgIpc) is 2.85. The third-order valence-electron chi connectivity index (χ3n) is 3.08. The second-order valence-electron chi connectivity index (χ2n) is 4.50. The number of aromatic nitrogens is 2. The molecule has 0 bridgehead atoms. The van der Waals surface area contributed by atoms with Crippen LogP contribution in [0, 0.1) is 5.92 Å². The molecule has 1 heterocycles. The average molecular weight is 268 g/mol. The predicted octanol–water partition coefficient (Wildman–Crippen LogP) is 0.0709. The van der Waals surface area contributed by atoms with Crippen LogP contribution in [0.3, 0.4) is 0 Å². The van der Waals surface area contributed by atoms with Crippen LogP contribution in [0.2, 0.25) is 0 Å². The number of rotatable bonds is 7. The van der Waals surface area contributed by atoms with E-state index in [2.05, 4.69) is 10.3 Å². The molecule has 2 unspecified atom stereocenters. The highest BCUT2D eigenvalue weighted by atomic mass is 16.4. The van der Waals surface area contributed by atoms with Crippen molar-refractivity contribution in [2.45, 2.75) is 32.9 Å². The number of hydrogen-bond acceptors (Lipinski definition) is 4. The van der Waals surface area contributed by atoms with Crippen molar-refractivity contribution >= 4 is 11.9 Å². The summed E-state index contributed by atoms with van der Waals surface area (Å²) >= 11 is 0. The van der Waals surface area contributed by atoms with Crippen molar-refractivity contribution in [3.8, 4) is 0 Å². The summed E-state index contributed by atoms with van der Waals surface area (Å²) in [5.41, 5.74) is 5.77. The zero-order chi connectivity index (χ0) is 14.4. The van der Waals surface area contributed by atoms with Crippen molar-refractivity contribution in [1.82, 2.24) is 14.9 Å². The molecular formula is C12H20N4O3. The van der Waals surface area contributed by atoms with Crippen LogP contribution >= 0.6 is 0 Å². The number of hydrogen-bond donors (Lipinski definition) is 3. The highest BCUT2D eigenvalue weighted by Crippen LogP contribution is 2.04. The van der Waals surface area contributed by atoms with E-state index in [1.807, 2.05) is 13.8 Å². The molecule has 7 heteroatoms. The molecule has 1 aromatic heterocycles. The fourth-order valence-corrected chi connectivity index (χ4v) is 1.53. The van der Waals surface area contributed by atoms with Gasteiger partial charge in [-0.25, -0.2) is 9.78 Å². The molecular weight excluding hydrogens is 248 g/mol. The number of nitrogens with one attached hydrogen (secondary N) is 1. The minimum absolute atomic E-state index is 0.0115. The molecule has 0 fully saturated rings. The van der Waals surface area contributed by atoms with Crippen LogP contribution in [0.15, 0.2) is 12.5 Å². The molecule has 0 radical (unpaired) electrons. The molecule has 0 aliphatic rings. The van der Waals surface area contributed by atoms with Crippen molar-refractivity contribution < 1.29 is 14.7 Å². The summed E-state index contributed by atoms with van der Waals surface area (Å²) in [6.07, 6.45) is 3.69. The Balaban J connectivity index is 2.37. The van der Waals surface area contributed by atoms with Crippen LogP contribution in [0.1, 0.15) is 30.8 Å². The molecule has 2 atom stereocenters. The zero-order valence-electron chi connectivity index (χ0n) is 11.2.